The lowest BCUT2D eigenvalue weighted by molar-refractivity contribution is 0.235. The maximum atomic E-state index is 12.5. The minimum absolute atomic E-state index is 0.102. The predicted molar refractivity (Wildman–Crippen MR) is 112 cm³/mol. The van der Waals surface area contributed by atoms with Crippen LogP contribution in [-0.4, -0.2) is 24.1 Å². The average Bonchev–Trinajstić information content (AvgIpc) is 3.02. The van der Waals surface area contributed by atoms with Gasteiger partial charge in [-0.2, -0.15) is 0 Å². The van der Waals surface area contributed by atoms with Crippen molar-refractivity contribution >= 4 is 11.8 Å². The first-order chi connectivity index (χ1) is 13.8. The van der Waals surface area contributed by atoms with Crippen molar-refractivity contribution < 1.29 is 4.79 Å². The molecular formula is C23H30N4O. The summed E-state index contributed by atoms with van der Waals surface area (Å²) < 4.78 is 0. The summed E-state index contributed by atoms with van der Waals surface area (Å²) in [7, 11) is 0. The largest absolute Gasteiger partial charge is 0.357 e. The number of fused-ring (bicyclic) bond motifs is 1. The van der Waals surface area contributed by atoms with Crippen LogP contribution < -0.4 is 15.5 Å². The molecule has 0 saturated carbocycles. The highest BCUT2D eigenvalue weighted by molar-refractivity contribution is 5.74. The van der Waals surface area contributed by atoms with E-state index >= 15 is 0 Å². The van der Waals surface area contributed by atoms with E-state index in [1.165, 1.54) is 36.8 Å². The van der Waals surface area contributed by atoms with Crippen LogP contribution in [0.25, 0.3) is 0 Å². The van der Waals surface area contributed by atoms with Gasteiger partial charge in [-0.25, -0.2) is 9.78 Å². The molecule has 148 valence electrons. The zero-order valence-electron chi connectivity index (χ0n) is 16.5. The molecule has 2 heterocycles. The summed E-state index contributed by atoms with van der Waals surface area (Å²) in [5.74, 6) is 1.03. The summed E-state index contributed by atoms with van der Waals surface area (Å²) in [5, 5.41) is 6.18. The van der Waals surface area contributed by atoms with Crippen LogP contribution in [0.4, 0.5) is 10.6 Å². The molecule has 1 aliphatic carbocycles. The Bertz CT molecular complexity index is 799. The number of hydrogen-bond acceptors (Lipinski definition) is 3. The highest BCUT2D eigenvalue weighted by atomic mass is 16.2. The van der Waals surface area contributed by atoms with Gasteiger partial charge in [0.15, 0.2) is 0 Å². The van der Waals surface area contributed by atoms with Crippen LogP contribution in [0.5, 0.6) is 0 Å². The van der Waals surface area contributed by atoms with Crippen LogP contribution in [-0.2, 0) is 13.0 Å². The predicted octanol–water partition coefficient (Wildman–Crippen LogP) is 4.34. The van der Waals surface area contributed by atoms with Crippen LogP contribution >= 0.6 is 0 Å². The molecular weight excluding hydrogens is 348 g/mol. The van der Waals surface area contributed by atoms with Gasteiger partial charge in [0.05, 0.1) is 6.04 Å². The van der Waals surface area contributed by atoms with E-state index in [9.17, 15) is 4.79 Å². The van der Waals surface area contributed by atoms with E-state index in [0.717, 1.165) is 43.7 Å². The maximum Gasteiger partial charge on any atom is 0.315 e. The van der Waals surface area contributed by atoms with Crippen LogP contribution in [0.2, 0.25) is 0 Å². The van der Waals surface area contributed by atoms with Gasteiger partial charge in [0.25, 0.3) is 0 Å². The molecule has 0 spiro atoms. The fourth-order valence-corrected chi connectivity index (χ4v) is 4.34. The first-order valence-electron chi connectivity index (χ1n) is 10.6. The summed E-state index contributed by atoms with van der Waals surface area (Å²) in [6.07, 6.45) is 10.2. The molecule has 0 bridgehead atoms. The van der Waals surface area contributed by atoms with Crippen molar-refractivity contribution in [2.45, 2.75) is 57.5 Å². The van der Waals surface area contributed by atoms with Crippen molar-refractivity contribution in [3.63, 3.8) is 0 Å². The fourth-order valence-electron chi connectivity index (χ4n) is 4.34. The van der Waals surface area contributed by atoms with E-state index in [0.29, 0.717) is 6.54 Å². The molecule has 5 heteroatoms. The number of nitrogens with zero attached hydrogens (tertiary/aromatic N) is 2. The average molecular weight is 379 g/mol. The Morgan fingerprint density at radius 1 is 1.07 bits per heavy atom. The number of nitrogens with one attached hydrogen (secondary N) is 2. The Morgan fingerprint density at radius 3 is 2.75 bits per heavy atom. The fraction of sp³-hybridized carbons (Fsp3) is 0.478. The Kier molecular flexibility index (Phi) is 6.10. The smallest absolute Gasteiger partial charge is 0.315 e. The summed E-state index contributed by atoms with van der Waals surface area (Å²) in [6.45, 7) is 2.67. The first kappa shape index (κ1) is 18.8. The van der Waals surface area contributed by atoms with Gasteiger partial charge in [0.2, 0.25) is 0 Å². The van der Waals surface area contributed by atoms with Crippen LogP contribution in [0.1, 0.15) is 61.3 Å². The highest BCUT2D eigenvalue weighted by Crippen LogP contribution is 2.29. The molecule has 1 aromatic heterocycles. The van der Waals surface area contributed by atoms with Crippen molar-refractivity contribution in [3.8, 4) is 0 Å². The lowest BCUT2D eigenvalue weighted by Crippen LogP contribution is -2.38. The summed E-state index contributed by atoms with van der Waals surface area (Å²) in [6, 6.07) is 12.5. The van der Waals surface area contributed by atoms with E-state index < -0.39 is 0 Å². The summed E-state index contributed by atoms with van der Waals surface area (Å²) in [4.78, 5) is 19.4. The van der Waals surface area contributed by atoms with Gasteiger partial charge >= 0.3 is 6.03 Å². The normalized spacial score (nSPS) is 19.4. The Labute approximate surface area is 167 Å². The number of rotatable bonds is 4. The van der Waals surface area contributed by atoms with E-state index in [1.807, 2.05) is 12.3 Å². The lowest BCUT2D eigenvalue weighted by atomic mass is 9.88. The van der Waals surface area contributed by atoms with E-state index in [1.54, 1.807) is 0 Å². The number of benzene rings is 1. The Hall–Kier alpha value is -2.56. The summed E-state index contributed by atoms with van der Waals surface area (Å²) >= 11 is 0. The number of carbonyl (C=O) groups is 1. The maximum absolute atomic E-state index is 12.5. The van der Waals surface area contributed by atoms with E-state index in [-0.39, 0.29) is 12.1 Å². The quantitative estimate of drug-likeness (QED) is 0.832. The van der Waals surface area contributed by atoms with Gasteiger partial charge < -0.3 is 15.5 Å². The zero-order chi connectivity index (χ0) is 19.2. The molecule has 2 aromatic rings. The molecule has 1 atom stereocenters. The van der Waals surface area contributed by atoms with Crippen molar-refractivity contribution in [1.82, 2.24) is 15.6 Å². The van der Waals surface area contributed by atoms with E-state index in [4.69, 9.17) is 0 Å². The number of aryl methyl sites for hydroxylation is 1. The molecule has 2 N–H and O–H groups in total. The molecule has 4 rings (SSSR count). The van der Waals surface area contributed by atoms with Crippen LogP contribution in [0, 0.1) is 0 Å². The lowest BCUT2D eigenvalue weighted by Gasteiger charge is -2.26. The van der Waals surface area contributed by atoms with Crippen LogP contribution in [0.3, 0.4) is 0 Å². The Balaban J connectivity index is 1.33. The minimum Gasteiger partial charge on any atom is -0.357 e. The topological polar surface area (TPSA) is 57.3 Å². The molecule has 1 unspecified atom stereocenters. The third-order valence-electron chi connectivity index (χ3n) is 5.87. The van der Waals surface area contributed by atoms with Gasteiger partial charge in [-0.1, -0.05) is 37.1 Å². The second-order valence-corrected chi connectivity index (χ2v) is 7.89. The number of amides is 2. The second-order valence-electron chi connectivity index (χ2n) is 7.89. The highest BCUT2D eigenvalue weighted by Gasteiger charge is 2.21. The molecule has 1 aliphatic heterocycles. The van der Waals surface area contributed by atoms with Gasteiger partial charge in [0, 0.05) is 25.8 Å². The van der Waals surface area contributed by atoms with Crippen LogP contribution in [0.15, 0.2) is 42.6 Å². The number of urea groups is 1. The number of anilines is 1. The number of carbonyl (C=O) groups excluding carboxylic acids is 1. The molecule has 2 amide bonds. The van der Waals surface area contributed by atoms with Gasteiger partial charge in [0.1, 0.15) is 5.82 Å². The molecule has 1 aromatic carbocycles. The van der Waals surface area contributed by atoms with Crippen molar-refractivity contribution in [1.29, 1.82) is 0 Å². The molecule has 28 heavy (non-hydrogen) atoms. The minimum atomic E-state index is -0.102. The summed E-state index contributed by atoms with van der Waals surface area (Å²) in [5.41, 5.74) is 3.71. The standard InChI is InChI=1S/C23H30N4O/c28-23(26-21-11-7-9-19-8-3-4-10-20(19)21)25-17-18-12-13-24-22(16-18)27-14-5-1-2-6-15-27/h3-4,8,10,12-13,16,21H,1-2,5-7,9,11,14-15,17H2,(H2,25,26,28). The molecule has 0 radical (unpaired) electrons. The third kappa shape index (κ3) is 4.64. The molecule has 2 aliphatic rings. The monoisotopic (exact) mass is 378 g/mol. The zero-order valence-corrected chi connectivity index (χ0v) is 16.5. The SMILES string of the molecule is O=C(NCc1ccnc(N2CCCCCC2)c1)NC1CCCc2ccccc21. The van der Waals surface area contributed by atoms with Gasteiger partial charge in [-0.15, -0.1) is 0 Å². The number of hydrogen-bond donors (Lipinski definition) is 2. The van der Waals surface area contributed by atoms with Crippen molar-refractivity contribution in [2.75, 3.05) is 18.0 Å². The Morgan fingerprint density at radius 2 is 1.89 bits per heavy atom. The molecule has 1 fully saturated rings. The van der Waals surface area contributed by atoms with Crippen molar-refractivity contribution in [3.05, 3.63) is 59.3 Å². The second kappa shape index (κ2) is 9.09. The number of pyridine rings is 1. The third-order valence-corrected chi connectivity index (χ3v) is 5.87. The number of aromatic nitrogens is 1. The van der Waals surface area contributed by atoms with E-state index in [2.05, 4.69) is 50.8 Å². The van der Waals surface area contributed by atoms with Gasteiger partial charge in [-0.3, -0.25) is 0 Å². The van der Waals surface area contributed by atoms with Gasteiger partial charge in [-0.05, 0) is 60.9 Å². The molecule has 5 nitrogen and oxygen atoms in total. The first-order valence-corrected chi connectivity index (χ1v) is 10.6. The van der Waals surface area contributed by atoms with Crippen molar-refractivity contribution in [2.24, 2.45) is 0 Å². The molecule has 1 saturated heterocycles.